The fourth-order valence-electron chi connectivity index (χ4n) is 4.98. The molecular weight excluding hydrogens is 503 g/mol. The zero-order chi connectivity index (χ0) is 26.2. The molecule has 0 unspecified atom stereocenters. The molecule has 1 saturated heterocycles. The lowest BCUT2D eigenvalue weighted by atomic mass is 9.99. The van der Waals surface area contributed by atoms with Crippen LogP contribution in [-0.4, -0.2) is 47.0 Å². The van der Waals surface area contributed by atoms with Crippen molar-refractivity contribution in [1.29, 1.82) is 0 Å². The average Bonchev–Trinajstić information content (AvgIpc) is 3.05. The number of halogens is 2. The van der Waals surface area contributed by atoms with Gasteiger partial charge in [0.15, 0.2) is 0 Å². The van der Waals surface area contributed by atoms with Gasteiger partial charge in [-0.1, -0.05) is 23.7 Å². The number of nitrogens with zero attached hydrogens (tertiary/aromatic N) is 4. The zero-order valence-electron chi connectivity index (χ0n) is 20.6. The highest BCUT2D eigenvalue weighted by Gasteiger charge is 2.30. The fourth-order valence-corrected chi connectivity index (χ4v) is 5.14. The van der Waals surface area contributed by atoms with Gasteiger partial charge >= 0.3 is 0 Å². The van der Waals surface area contributed by atoms with Gasteiger partial charge in [-0.3, -0.25) is 4.79 Å². The van der Waals surface area contributed by atoms with Crippen molar-refractivity contribution in [1.82, 2.24) is 14.9 Å². The Balaban J connectivity index is 1.27. The number of aromatic nitrogens is 2. The Morgan fingerprint density at radius 1 is 1.08 bits per heavy atom. The number of likely N-dealkylation sites (tertiary alicyclic amines) is 1. The van der Waals surface area contributed by atoms with Gasteiger partial charge in [-0.05, 0) is 73.1 Å². The molecule has 6 rings (SSSR count). The predicted molar refractivity (Wildman–Crippen MR) is 148 cm³/mol. The molecular formula is C29H26ClFN6O. The average molecular weight is 529 g/mol. The smallest absolute Gasteiger partial charge is 0.253 e. The van der Waals surface area contributed by atoms with Crippen LogP contribution >= 0.6 is 11.6 Å². The topological polar surface area (TPSA) is 87.4 Å². The first-order valence-corrected chi connectivity index (χ1v) is 12.9. The van der Waals surface area contributed by atoms with Crippen LogP contribution in [0, 0.1) is 11.7 Å². The number of para-hydroxylation sites is 1. The van der Waals surface area contributed by atoms with Crippen LogP contribution < -0.4 is 16.0 Å². The Hall–Kier alpha value is -4.01. The van der Waals surface area contributed by atoms with Crippen LogP contribution in [0.3, 0.4) is 0 Å². The second-order valence-corrected chi connectivity index (χ2v) is 10.0. The maximum atomic E-state index is 14.8. The van der Waals surface area contributed by atoms with Gasteiger partial charge in [0.2, 0.25) is 5.95 Å². The summed E-state index contributed by atoms with van der Waals surface area (Å²) >= 11 is 6.37. The molecule has 2 aliphatic rings. The largest absolute Gasteiger partial charge is 0.338 e. The van der Waals surface area contributed by atoms with Crippen LogP contribution in [-0.2, 0) is 6.42 Å². The number of anilines is 4. The molecule has 7 nitrogen and oxygen atoms in total. The number of rotatable bonds is 5. The highest BCUT2D eigenvalue weighted by Crippen LogP contribution is 2.41. The summed E-state index contributed by atoms with van der Waals surface area (Å²) in [4.78, 5) is 25.8. The van der Waals surface area contributed by atoms with Gasteiger partial charge in [0.05, 0.1) is 17.1 Å². The summed E-state index contributed by atoms with van der Waals surface area (Å²) < 4.78 is 14.8. The van der Waals surface area contributed by atoms with E-state index in [1.165, 1.54) is 6.07 Å². The molecule has 3 N–H and O–H groups in total. The van der Waals surface area contributed by atoms with Gasteiger partial charge in [0.1, 0.15) is 5.82 Å². The molecule has 0 aliphatic carbocycles. The SMILES string of the molecule is NCC1CN(C(=O)c2ccc(Nc3ncc4c(n3)-c3ccc(Cl)cc3N(c3ccccc3F)CC4)cc2)C1. The molecule has 3 heterocycles. The van der Waals surface area contributed by atoms with E-state index in [0.717, 1.165) is 28.2 Å². The van der Waals surface area contributed by atoms with Crippen molar-refractivity contribution in [3.8, 4) is 11.3 Å². The van der Waals surface area contributed by atoms with Crippen LogP contribution in [0.2, 0.25) is 5.02 Å². The first-order chi connectivity index (χ1) is 18.5. The van der Waals surface area contributed by atoms with Crippen LogP contribution in [0.1, 0.15) is 15.9 Å². The Kier molecular flexibility index (Phi) is 6.43. The summed E-state index contributed by atoms with van der Waals surface area (Å²) in [6, 6.07) is 19.6. The number of hydrogen-bond acceptors (Lipinski definition) is 6. The molecule has 2 aliphatic heterocycles. The van der Waals surface area contributed by atoms with Crippen LogP contribution in [0.15, 0.2) is 72.9 Å². The van der Waals surface area contributed by atoms with Gasteiger partial charge in [0, 0.05) is 53.6 Å². The van der Waals surface area contributed by atoms with Gasteiger partial charge in [-0.25, -0.2) is 14.4 Å². The third-order valence-electron chi connectivity index (χ3n) is 7.08. The Morgan fingerprint density at radius 3 is 2.63 bits per heavy atom. The van der Waals surface area contributed by atoms with E-state index in [2.05, 4.69) is 10.3 Å². The van der Waals surface area contributed by atoms with Crippen molar-refractivity contribution in [3.63, 3.8) is 0 Å². The first kappa shape index (κ1) is 24.3. The van der Waals surface area contributed by atoms with Crippen molar-refractivity contribution in [2.24, 2.45) is 11.7 Å². The molecule has 0 spiro atoms. The van der Waals surface area contributed by atoms with E-state index >= 15 is 0 Å². The first-order valence-electron chi connectivity index (χ1n) is 12.5. The summed E-state index contributed by atoms with van der Waals surface area (Å²) in [5, 5.41) is 3.81. The van der Waals surface area contributed by atoms with Crippen LogP contribution in [0.25, 0.3) is 11.3 Å². The lowest BCUT2D eigenvalue weighted by Gasteiger charge is -2.38. The van der Waals surface area contributed by atoms with Gasteiger partial charge in [-0.2, -0.15) is 0 Å². The van der Waals surface area contributed by atoms with E-state index in [1.54, 1.807) is 24.3 Å². The standard InChI is InChI=1S/C29H26ClFN6O/c30-21-7-10-23-26(13-21)37(25-4-2-1-3-24(25)31)12-11-20-15-33-29(35-27(20)23)34-22-8-5-19(6-9-22)28(38)36-16-18(14-32)17-36/h1-10,13,15,18H,11-12,14,16-17,32H2,(H,33,34,35). The second-order valence-electron chi connectivity index (χ2n) is 9.60. The number of amides is 1. The van der Waals surface area contributed by atoms with Gasteiger partial charge < -0.3 is 20.9 Å². The molecule has 1 aromatic heterocycles. The third-order valence-corrected chi connectivity index (χ3v) is 7.32. The van der Waals surface area contributed by atoms with Crippen molar-refractivity contribution in [2.45, 2.75) is 6.42 Å². The lowest BCUT2D eigenvalue weighted by molar-refractivity contribution is 0.0515. The molecule has 9 heteroatoms. The van der Waals surface area contributed by atoms with Gasteiger partial charge in [0.25, 0.3) is 5.91 Å². The third kappa shape index (κ3) is 4.57. The molecule has 3 aromatic carbocycles. The highest BCUT2D eigenvalue weighted by atomic mass is 35.5. The lowest BCUT2D eigenvalue weighted by Crippen LogP contribution is -2.52. The molecule has 0 atom stereocenters. The molecule has 4 aromatic rings. The predicted octanol–water partition coefficient (Wildman–Crippen LogP) is 5.40. The minimum absolute atomic E-state index is 0.0113. The van der Waals surface area contributed by atoms with Crippen molar-refractivity contribution < 1.29 is 9.18 Å². The van der Waals surface area contributed by atoms with Crippen molar-refractivity contribution in [2.75, 3.05) is 36.4 Å². The maximum absolute atomic E-state index is 14.8. The van der Waals surface area contributed by atoms with Crippen LogP contribution in [0.5, 0.6) is 0 Å². The Morgan fingerprint density at radius 2 is 1.87 bits per heavy atom. The molecule has 0 bridgehead atoms. The molecule has 1 amide bonds. The second kappa shape index (κ2) is 10.0. The van der Waals surface area contributed by atoms with E-state index in [9.17, 15) is 9.18 Å². The molecule has 38 heavy (non-hydrogen) atoms. The number of hydrogen-bond donors (Lipinski definition) is 2. The number of nitrogens with two attached hydrogens (primary N) is 1. The van der Waals surface area contributed by atoms with E-state index in [-0.39, 0.29) is 11.7 Å². The van der Waals surface area contributed by atoms with E-state index in [0.29, 0.717) is 60.7 Å². The van der Waals surface area contributed by atoms with Gasteiger partial charge in [-0.15, -0.1) is 0 Å². The quantitative estimate of drug-likeness (QED) is 0.360. The normalized spacial score (nSPS) is 14.8. The molecule has 1 fully saturated rings. The van der Waals surface area contributed by atoms with E-state index < -0.39 is 0 Å². The molecule has 192 valence electrons. The number of carbonyl (C=O) groups excluding carboxylic acids is 1. The van der Waals surface area contributed by atoms with Crippen molar-refractivity contribution >= 4 is 40.5 Å². The molecule has 0 radical (unpaired) electrons. The number of fused-ring (bicyclic) bond motifs is 3. The van der Waals surface area contributed by atoms with E-state index in [1.807, 2.05) is 52.4 Å². The monoisotopic (exact) mass is 528 g/mol. The number of benzene rings is 3. The highest BCUT2D eigenvalue weighted by molar-refractivity contribution is 6.31. The summed E-state index contributed by atoms with van der Waals surface area (Å²) in [5.41, 5.74) is 10.9. The fraction of sp³-hybridized carbons (Fsp3) is 0.207. The number of carbonyl (C=O) groups is 1. The summed E-state index contributed by atoms with van der Waals surface area (Å²) in [5.74, 6) is 0.534. The number of nitrogens with one attached hydrogen (secondary N) is 1. The summed E-state index contributed by atoms with van der Waals surface area (Å²) in [7, 11) is 0. The minimum Gasteiger partial charge on any atom is -0.338 e. The maximum Gasteiger partial charge on any atom is 0.253 e. The summed E-state index contributed by atoms with van der Waals surface area (Å²) in [6.07, 6.45) is 2.44. The molecule has 0 saturated carbocycles. The van der Waals surface area contributed by atoms with Crippen LogP contribution in [0.4, 0.5) is 27.4 Å². The van der Waals surface area contributed by atoms with Crippen molar-refractivity contribution in [3.05, 3.63) is 94.9 Å². The Bertz CT molecular complexity index is 1510. The minimum atomic E-state index is -0.298. The zero-order valence-corrected chi connectivity index (χ0v) is 21.3. The Labute approximate surface area is 225 Å². The summed E-state index contributed by atoms with van der Waals surface area (Å²) in [6.45, 7) is 2.57. The van der Waals surface area contributed by atoms with E-state index in [4.69, 9.17) is 22.3 Å².